The lowest BCUT2D eigenvalue weighted by Crippen LogP contribution is -2.42. The molecule has 2 aromatic rings. The van der Waals surface area contributed by atoms with E-state index in [1.807, 2.05) is 42.4 Å². The number of hydrogen-bond donors (Lipinski definition) is 0. The first kappa shape index (κ1) is 17.5. The van der Waals surface area contributed by atoms with Crippen molar-refractivity contribution in [2.75, 3.05) is 26.8 Å². The van der Waals surface area contributed by atoms with Crippen LogP contribution in [0.3, 0.4) is 0 Å². The number of benzene rings is 1. The maximum atomic E-state index is 13.0. The molecule has 6 nitrogen and oxygen atoms in total. The van der Waals surface area contributed by atoms with Crippen LogP contribution in [0.5, 0.6) is 5.75 Å². The number of hydrogen-bond acceptors (Lipinski definition) is 4. The minimum absolute atomic E-state index is 0.0265. The summed E-state index contributed by atoms with van der Waals surface area (Å²) in [5.74, 6) is 1.04. The summed E-state index contributed by atoms with van der Waals surface area (Å²) in [6.45, 7) is 5.77. The molecule has 134 valence electrons. The Morgan fingerprint density at radius 1 is 1.32 bits per heavy atom. The fourth-order valence-corrected chi connectivity index (χ4v) is 3.12. The molecule has 1 aromatic carbocycles. The summed E-state index contributed by atoms with van der Waals surface area (Å²) >= 11 is 0. The van der Waals surface area contributed by atoms with E-state index in [4.69, 9.17) is 9.47 Å². The Hall–Kier alpha value is -2.34. The summed E-state index contributed by atoms with van der Waals surface area (Å²) in [6, 6.07) is 7.80. The van der Waals surface area contributed by atoms with Gasteiger partial charge in [0.25, 0.3) is 5.91 Å². The normalized spacial score (nSPS) is 17.8. The molecule has 1 fully saturated rings. The molecule has 0 spiro atoms. The molecule has 0 bridgehead atoms. The molecule has 1 saturated heterocycles. The van der Waals surface area contributed by atoms with Crippen molar-refractivity contribution in [2.45, 2.75) is 25.9 Å². The van der Waals surface area contributed by atoms with Gasteiger partial charge in [-0.2, -0.15) is 5.10 Å². The van der Waals surface area contributed by atoms with Crippen molar-refractivity contribution in [1.82, 2.24) is 14.7 Å². The Balaban J connectivity index is 1.77. The molecule has 1 aliphatic rings. The molecule has 0 saturated carbocycles. The molecule has 1 amide bonds. The smallest absolute Gasteiger partial charge is 0.257 e. The highest BCUT2D eigenvalue weighted by Gasteiger charge is 2.29. The van der Waals surface area contributed by atoms with Gasteiger partial charge in [-0.05, 0) is 23.6 Å². The number of carbonyl (C=O) groups is 1. The molecule has 1 unspecified atom stereocenters. The van der Waals surface area contributed by atoms with E-state index in [-0.39, 0.29) is 17.9 Å². The maximum absolute atomic E-state index is 13.0. The minimum atomic E-state index is -0.122. The van der Waals surface area contributed by atoms with E-state index in [0.29, 0.717) is 25.3 Å². The number of morpholine rings is 1. The van der Waals surface area contributed by atoms with Gasteiger partial charge in [0.05, 0.1) is 31.5 Å². The Morgan fingerprint density at radius 2 is 2.04 bits per heavy atom. The fourth-order valence-electron chi connectivity index (χ4n) is 3.12. The average Bonchev–Trinajstić information content (AvgIpc) is 3.03. The van der Waals surface area contributed by atoms with Crippen LogP contribution < -0.4 is 4.74 Å². The highest BCUT2D eigenvalue weighted by molar-refractivity contribution is 5.95. The number of carbonyl (C=O) groups excluding carboxylic acids is 1. The third-order valence-electron chi connectivity index (χ3n) is 4.48. The first-order valence-corrected chi connectivity index (χ1v) is 8.58. The number of methoxy groups -OCH3 is 1. The topological polar surface area (TPSA) is 56.6 Å². The summed E-state index contributed by atoms with van der Waals surface area (Å²) in [7, 11) is 3.49. The maximum Gasteiger partial charge on any atom is 0.257 e. The van der Waals surface area contributed by atoms with Crippen molar-refractivity contribution < 1.29 is 14.3 Å². The summed E-state index contributed by atoms with van der Waals surface area (Å²) in [5, 5.41) is 4.45. The van der Waals surface area contributed by atoms with Gasteiger partial charge in [0.15, 0.2) is 0 Å². The van der Waals surface area contributed by atoms with Crippen molar-refractivity contribution in [3.8, 4) is 5.75 Å². The molecule has 0 aliphatic carbocycles. The van der Waals surface area contributed by atoms with Crippen molar-refractivity contribution in [3.63, 3.8) is 0 Å². The van der Waals surface area contributed by atoms with Gasteiger partial charge in [0.2, 0.25) is 0 Å². The van der Waals surface area contributed by atoms with Crippen LogP contribution in [0.1, 0.15) is 47.5 Å². The first-order valence-electron chi connectivity index (χ1n) is 8.58. The summed E-state index contributed by atoms with van der Waals surface area (Å²) in [5.41, 5.74) is 2.58. The Bertz CT molecular complexity index is 737. The Labute approximate surface area is 148 Å². The van der Waals surface area contributed by atoms with Crippen LogP contribution in [0.15, 0.2) is 30.5 Å². The molecule has 1 aromatic heterocycles. The van der Waals surface area contributed by atoms with E-state index in [1.165, 1.54) is 0 Å². The largest absolute Gasteiger partial charge is 0.497 e. The van der Waals surface area contributed by atoms with Gasteiger partial charge in [0.1, 0.15) is 11.9 Å². The standard InChI is InChI=1S/C19H25N3O3/c1-13(2)18-16(11-21(3)20-18)19(23)22-9-10-25-17(12-22)14-5-7-15(24-4)8-6-14/h5-8,11,13,17H,9-10,12H2,1-4H3. The molecule has 3 rings (SSSR count). The van der Waals surface area contributed by atoms with Gasteiger partial charge in [-0.25, -0.2) is 0 Å². The second kappa shape index (κ2) is 7.27. The minimum Gasteiger partial charge on any atom is -0.497 e. The Kier molecular flexibility index (Phi) is 5.08. The number of aromatic nitrogens is 2. The Morgan fingerprint density at radius 3 is 2.68 bits per heavy atom. The van der Waals surface area contributed by atoms with Gasteiger partial charge < -0.3 is 14.4 Å². The van der Waals surface area contributed by atoms with Gasteiger partial charge >= 0.3 is 0 Å². The number of nitrogens with zero attached hydrogens (tertiary/aromatic N) is 3. The van der Waals surface area contributed by atoms with E-state index >= 15 is 0 Å². The van der Waals surface area contributed by atoms with Crippen LogP contribution in [0.2, 0.25) is 0 Å². The monoisotopic (exact) mass is 343 g/mol. The van der Waals surface area contributed by atoms with Crippen molar-refractivity contribution in [2.24, 2.45) is 7.05 Å². The fraction of sp³-hybridized carbons (Fsp3) is 0.474. The summed E-state index contributed by atoms with van der Waals surface area (Å²) in [4.78, 5) is 14.9. The molecular formula is C19H25N3O3. The third kappa shape index (κ3) is 3.69. The quantitative estimate of drug-likeness (QED) is 0.856. The highest BCUT2D eigenvalue weighted by atomic mass is 16.5. The van der Waals surface area contributed by atoms with Crippen molar-refractivity contribution in [3.05, 3.63) is 47.3 Å². The number of rotatable bonds is 4. The van der Waals surface area contributed by atoms with Gasteiger partial charge in [0, 0.05) is 19.8 Å². The second-order valence-electron chi connectivity index (χ2n) is 6.64. The zero-order valence-electron chi connectivity index (χ0n) is 15.2. The first-order chi connectivity index (χ1) is 12.0. The van der Waals surface area contributed by atoms with E-state index in [2.05, 4.69) is 18.9 Å². The van der Waals surface area contributed by atoms with Crippen LogP contribution in [0, 0.1) is 0 Å². The average molecular weight is 343 g/mol. The number of ether oxygens (including phenoxy) is 2. The van der Waals surface area contributed by atoms with Crippen molar-refractivity contribution >= 4 is 5.91 Å². The molecule has 0 N–H and O–H groups in total. The summed E-state index contributed by atoms with van der Waals surface area (Å²) in [6.07, 6.45) is 1.69. The van der Waals surface area contributed by atoms with Crippen LogP contribution in [0.4, 0.5) is 0 Å². The molecular weight excluding hydrogens is 318 g/mol. The zero-order valence-corrected chi connectivity index (χ0v) is 15.2. The molecule has 1 atom stereocenters. The summed E-state index contributed by atoms with van der Waals surface area (Å²) < 4.78 is 12.8. The molecule has 6 heteroatoms. The molecule has 1 aliphatic heterocycles. The van der Waals surface area contributed by atoms with Crippen molar-refractivity contribution in [1.29, 1.82) is 0 Å². The second-order valence-corrected chi connectivity index (χ2v) is 6.64. The zero-order chi connectivity index (χ0) is 18.0. The predicted octanol–water partition coefficient (Wildman–Crippen LogP) is 2.77. The lowest BCUT2D eigenvalue weighted by atomic mass is 10.0. The molecule has 25 heavy (non-hydrogen) atoms. The van der Waals surface area contributed by atoms with Crippen LogP contribution in [-0.4, -0.2) is 47.4 Å². The molecule has 2 heterocycles. The van der Waals surface area contributed by atoms with Crippen LogP contribution in [-0.2, 0) is 11.8 Å². The van der Waals surface area contributed by atoms with Gasteiger partial charge in [-0.15, -0.1) is 0 Å². The SMILES string of the molecule is COc1ccc(C2CN(C(=O)c3cn(C)nc3C(C)C)CCO2)cc1. The van der Waals surface area contributed by atoms with E-state index in [1.54, 1.807) is 11.8 Å². The number of aryl methyl sites for hydroxylation is 1. The third-order valence-corrected chi connectivity index (χ3v) is 4.48. The van der Waals surface area contributed by atoms with Gasteiger partial charge in [-0.1, -0.05) is 26.0 Å². The van der Waals surface area contributed by atoms with E-state index < -0.39 is 0 Å². The number of amides is 1. The molecule has 0 radical (unpaired) electrons. The van der Waals surface area contributed by atoms with E-state index in [0.717, 1.165) is 17.0 Å². The lowest BCUT2D eigenvalue weighted by Gasteiger charge is -2.33. The lowest BCUT2D eigenvalue weighted by molar-refractivity contribution is -0.0228. The van der Waals surface area contributed by atoms with Gasteiger partial charge in [-0.3, -0.25) is 9.48 Å². The highest BCUT2D eigenvalue weighted by Crippen LogP contribution is 2.26. The predicted molar refractivity (Wildman–Crippen MR) is 94.9 cm³/mol. The van der Waals surface area contributed by atoms with Crippen LogP contribution >= 0.6 is 0 Å². The van der Waals surface area contributed by atoms with E-state index in [9.17, 15) is 4.79 Å². The van der Waals surface area contributed by atoms with Crippen LogP contribution in [0.25, 0.3) is 0 Å².